The zero-order valence-corrected chi connectivity index (χ0v) is 10.5. The van der Waals surface area contributed by atoms with E-state index in [0.29, 0.717) is 9.99 Å². The first-order chi connectivity index (χ1) is 7.61. The van der Waals surface area contributed by atoms with Crippen LogP contribution in [0.15, 0.2) is 27.9 Å². The van der Waals surface area contributed by atoms with E-state index >= 15 is 0 Å². The molecule has 1 heterocycles. The number of rotatable bonds is 2. The quantitative estimate of drug-likeness (QED) is 0.601. The van der Waals surface area contributed by atoms with Gasteiger partial charge in [-0.1, -0.05) is 12.2 Å². The lowest BCUT2D eigenvalue weighted by Gasteiger charge is -2.13. The summed E-state index contributed by atoms with van der Waals surface area (Å²) < 4.78 is 1.98. The van der Waals surface area contributed by atoms with Crippen LogP contribution < -0.4 is 11.2 Å². The first-order valence-corrected chi connectivity index (χ1v) is 6.00. The summed E-state index contributed by atoms with van der Waals surface area (Å²) >= 11 is 1.89. The average molecular weight is 334 g/mol. The Bertz CT molecular complexity index is 532. The monoisotopic (exact) mass is 334 g/mol. The van der Waals surface area contributed by atoms with Crippen molar-refractivity contribution in [1.82, 2.24) is 9.55 Å². The van der Waals surface area contributed by atoms with Crippen molar-refractivity contribution < 1.29 is 5.11 Å². The topological polar surface area (TPSA) is 75.1 Å². The molecule has 5 nitrogen and oxygen atoms in total. The highest BCUT2D eigenvalue weighted by Gasteiger charge is 2.20. The molecule has 1 aliphatic carbocycles. The summed E-state index contributed by atoms with van der Waals surface area (Å²) in [5, 5.41) is 9.00. The number of nitrogens with zero attached hydrogens (tertiary/aromatic N) is 1. The molecule has 0 spiro atoms. The zero-order valence-electron chi connectivity index (χ0n) is 8.39. The molecule has 2 rings (SSSR count). The maximum absolute atomic E-state index is 11.6. The van der Waals surface area contributed by atoms with Crippen molar-refractivity contribution in [2.24, 2.45) is 5.92 Å². The van der Waals surface area contributed by atoms with E-state index in [2.05, 4.69) is 4.98 Å². The minimum absolute atomic E-state index is 0.0741. The van der Waals surface area contributed by atoms with Gasteiger partial charge < -0.3 is 5.11 Å². The van der Waals surface area contributed by atoms with E-state index in [9.17, 15) is 9.59 Å². The lowest BCUT2D eigenvalue weighted by molar-refractivity contribution is 0.243. The molecule has 0 bridgehead atoms. The number of aliphatic hydroxyl groups excluding tert-OH is 1. The number of allylic oxidation sites excluding steroid dienone is 1. The molecule has 1 aromatic heterocycles. The fraction of sp³-hybridized carbons (Fsp3) is 0.400. The zero-order chi connectivity index (χ0) is 11.7. The van der Waals surface area contributed by atoms with Crippen LogP contribution in [0.5, 0.6) is 0 Å². The van der Waals surface area contributed by atoms with Gasteiger partial charge in [-0.3, -0.25) is 14.3 Å². The second-order valence-corrected chi connectivity index (χ2v) is 4.94. The van der Waals surface area contributed by atoms with E-state index in [1.807, 2.05) is 34.7 Å². The number of aromatic amines is 1. The van der Waals surface area contributed by atoms with Crippen LogP contribution in [0, 0.1) is 9.49 Å². The first kappa shape index (κ1) is 11.6. The van der Waals surface area contributed by atoms with Crippen LogP contribution in [-0.4, -0.2) is 21.3 Å². The van der Waals surface area contributed by atoms with Gasteiger partial charge in [0.15, 0.2) is 0 Å². The number of aromatic nitrogens is 2. The number of aliphatic hydroxyl groups is 1. The molecule has 0 amide bonds. The molecule has 0 aromatic carbocycles. The standard InChI is InChI=1S/C10H11IN2O3/c11-8-4-13(10(16)12-9(8)15)7-2-1-6(3-7)5-14/h1-2,4,6-7,14H,3,5H2,(H,12,15,16)/t6-,7+/m0/s1. The number of hydrogen-bond donors (Lipinski definition) is 2. The third kappa shape index (κ3) is 2.12. The van der Waals surface area contributed by atoms with Crippen LogP contribution in [0.25, 0.3) is 0 Å². The van der Waals surface area contributed by atoms with Gasteiger partial charge in [0.05, 0.1) is 9.61 Å². The molecule has 2 atom stereocenters. The Morgan fingerprint density at radius 2 is 2.25 bits per heavy atom. The molecule has 0 saturated heterocycles. The lowest BCUT2D eigenvalue weighted by atomic mass is 10.1. The summed E-state index contributed by atoms with van der Waals surface area (Å²) in [6.45, 7) is 0.0855. The van der Waals surface area contributed by atoms with Gasteiger partial charge in [0, 0.05) is 18.7 Å². The molecular weight excluding hydrogens is 323 g/mol. The maximum atomic E-state index is 11.6. The predicted molar refractivity (Wildman–Crippen MR) is 67.4 cm³/mol. The van der Waals surface area contributed by atoms with E-state index < -0.39 is 5.69 Å². The van der Waals surface area contributed by atoms with E-state index in [0.717, 1.165) is 0 Å². The molecule has 2 N–H and O–H groups in total. The molecule has 0 aliphatic heterocycles. The lowest BCUT2D eigenvalue weighted by Crippen LogP contribution is -2.32. The summed E-state index contributed by atoms with van der Waals surface area (Å²) in [5.74, 6) is 0.0986. The van der Waals surface area contributed by atoms with Crippen molar-refractivity contribution in [1.29, 1.82) is 0 Å². The van der Waals surface area contributed by atoms with Crippen molar-refractivity contribution in [3.8, 4) is 0 Å². The fourth-order valence-electron chi connectivity index (χ4n) is 1.80. The summed E-state index contributed by atoms with van der Waals surface area (Å²) in [7, 11) is 0. The predicted octanol–water partition coefficient (Wildman–Crippen LogP) is 0.251. The summed E-state index contributed by atoms with van der Waals surface area (Å²) in [6.07, 6.45) is 6.03. The number of H-pyrrole nitrogens is 1. The van der Waals surface area contributed by atoms with Gasteiger partial charge >= 0.3 is 5.69 Å². The highest BCUT2D eigenvalue weighted by Crippen LogP contribution is 2.25. The molecule has 0 fully saturated rings. The van der Waals surface area contributed by atoms with Crippen molar-refractivity contribution in [2.45, 2.75) is 12.5 Å². The second-order valence-electron chi connectivity index (χ2n) is 3.77. The first-order valence-electron chi connectivity index (χ1n) is 4.92. The molecule has 6 heteroatoms. The van der Waals surface area contributed by atoms with E-state index in [1.165, 1.54) is 4.57 Å². The third-order valence-electron chi connectivity index (χ3n) is 2.67. The molecule has 16 heavy (non-hydrogen) atoms. The molecule has 0 unspecified atom stereocenters. The molecule has 0 radical (unpaired) electrons. The molecule has 86 valence electrons. The number of hydrogen-bond acceptors (Lipinski definition) is 3. The van der Waals surface area contributed by atoms with Crippen LogP contribution in [-0.2, 0) is 0 Å². The number of nitrogens with one attached hydrogen (secondary N) is 1. The van der Waals surface area contributed by atoms with Crippen LogP contribution in [0.3, 0.4) is 0 Å². The average Bonchev–Trinajstić information content (AvgIpc) is 2.71. The highest BCUT2D eigenvalue weighted by atomic mass is 127. The van der Waals surface area contributed by atoms with Gasteiger partial charge in [0.1, 0.15) is 0 Å². The minimum Gasteiger partial charge on any atom is -0.396 e. The van der Waals surface area contributed by atoms with E-state index in [1.54, 1.807) is 6.20 Å². The van der Waals surface area contributed by atoms with E-state index in [-0.39, 0.29) is 24.1 Å². The maximum Gasteiger partial charge on any atom is 0.328 e. The van der Waals surface area contributed by atoms with Gasteiger partial charge in [-0.25, -0.2) is 4.79 Å². The Kier molecular flexibility index (Phi) is 3.29. The van der Waals surface area contributed by atoms with Crippen molar-refractivity contribution in [3.05, 3.63) is 42.8 Å². The molecule has 1 aliphatic rings. The smallest absolute Gasteiger partial charge is 0.328 e. The summed E-state index contributed by atoms with van der Waals surface area (Å²) in [4.78, 5) is 25.0. The Morgan fingerprint density at radius 1 is 1.50 bits per heavy atom. The summed E-state index contributed by atoms with van der Waals surface area (Å²) in [6, 6.07) is -0.0741. The second kappa shape index (κ2) is 4.54. The van der Waals surface area contributed by atoms with Gasteiger partial charge in [0.25, 0.3) is 5.56 Å². The van der Waals surface area contributed by atoms with Crippen LogP contribution in [0.2, 0.25) is 0 Å². The van der Waals surface area contributed by atoms with Crippen molar-refractivity contribution in [2.75, 3.05) is 6.61 Å². The third-order valence-corrected chi connectivity index (χ3v) is 3.43. The Morgan fingerprint density at radius 3 is 2.88 bits per heavy atom. The minimum atomic E-state index is -0.404. The largest absolute Gasteiger partial charge is 0.396 e. The Balaban J connectivity index is 2.36. The molecular formula is C10H11IN2O3. The SMILES string of the molecule is O=c1[nH]c(=O)n([C@@H]2C=C[C@H](CO)C2)cc1I. The van der Waals surface area contributed by atoms with Crippen molar-refractivity contribution in [3.63, 3.8) is 0 Å². The van der Waals surface area contributed by atoms with Crippen LogP contribution in [0.1, 0.15) is 12.5 Å². The number of halogens is 1. The Hall–Kier alpha value is -0.890. The van der Waals surface area contributed by atoms with Gasteiger partial charge in [-0.2, -0.15) is 0 Å². The molecule has 1 aromatic rings. The molecule has 0 saturated carbocycles. The van der Waals surface area contributed by atoms with Gasteiger partial charge in [0.2, 0.25) is 0 Å². The van der Waals surface area contributed by atoms with Gasteiger partial charge in [-0.05, 0) is 29.0 Å². The van der Waals surface area contributed by atoms with Crippen molar-refractivity contribution >= 4 is 22.6 Å². The van der Waals surface area contributed by atoms with Crippen LogP contribution >= 0.6 is 22.6 Å². The van der Waals surface area contributed by atoms with E-state index in [4.69, 9.17) is 5.11 Å². The van der Waals surface area contributed by atoms with Gasteiger partial charge in [-0.15, -0.1) is 0 Å². The van der Waals surface area contributed by atoms with Crippen LogP contribution in [0.4, 0.5) is 0 Å². The summed E-state index contributed by atoms with van der Waals surface area (Å²) in [5.41, 5.74) is -0.763. The fourth-order valence-corrected chi connectivity index (χ4v) is 2.24. The Labute approximate surface area is 105 Å². The normalized spacial score (nSPS) is 23.9. The highest BCUT2D eigenvalue weighted by molar-refractivity contribution is 14.1.